The van der Waals surface area contributed by atoms with E-state index in [0.717, 1.165) is 31.0 Å². The molecule has 3 aliphatic carbocycles. The number of fused-ring (bicyclic) bond motifs is 1. The number of hydrogen-bond acceptors (Lipinski definition) is 1. The lowest BCUT2D eigenvalue weighted by molar-refractivity contribution is -0.569. The first-order valence-corrected chi connectivity index (χ1v) is 12.1. The Kier molecular flexibility index (Phi) is 6.42. The van der Waals surface area contributed by atoms with E-state index < -0.39 is 0 Å². The second-order valence-electron chi connectivity index (χ2n) is 10.3. The van der Waals surface area contributed by atoms with Crippen LogP contribution in [0.3, 0.4) is 0 Å². The molecule has 2 atom stereocenters. The van der Waals surface area contributed by atoms with Crippen molar-refractivity contribution in [2.24, 2.45) is 17.3 Å². The smallest absolute Gasteiger partial charge is 0.182 e. The summed E-state index contributed by atoms with van der Waals surface area (Å²) in [6.07, 6.45) is 23.7. The highest BCUT2D eigenvalue weighted by molar-refractivity contribution is 5.96. The molecule has 3 fully saturated rings. The summed E-state index contributed by atoms with van der Waals surface area (Å²) in [5.74, 6) is 1.67. The van der Waals surface area contributed by atoms with Gasteiger partial charge in [-0.05, 0) is 58.3 Å². The molecule has 0 spiro atoms. The summed E-state index contributed by atoms with van der Waals surface area (Å²) in [6, 6.07) is 0.756. The standard InChI is InChI=1S/C25H42NO/c1-25(2)22-14-8-9-15-23(22)26(18-19-27-21-12-4-3-5-13-21)24(25)17-16-20-10-6-7-11-20/h16-17,20-23H,3-15,18-19H2,1-2H3/q+1/b17-16+. The Hall–Kier alpha value is -0.630. The SMILES string of the molecule is CC1(C)C(/C=C/C2CCCC2)=[N+](CCOC2CCCCC2)C2CCCCC21. The molecule has 0 aromatic heterocycles. The fourth-order valence-electron chi connectivity index (χ4n) is 6.59. The van der Waals surface area contributed by atoms with Crippen LogP contribution in [0.4, 0.5) is 0 Å². The molecule has 4 rings (SSSR count). The van der Waals surface area contributed by atoms with Gasteiger partial charge in [0.05, 0.1) is 11.5 Å². The Bertz CT molecular complexity index is 549. The summed E-state index contributed by atoms with van der Waals surface area (Å²) in [4.78, 5) is 0. The minimum absolute atomic E-state index is 0.324. The summed E-state index contributed by atoms with van der Waals surface area (Å²) in [5, 5.41) is 0. The Morgan fingerprint density at radius 2 is 1.56 bits per heavy atom. The van der Waals surface area contributed by atoms with Crippen LogP contribution in [0.5, 0.6) is 0 Å². The van der Waals surface area contributed by atoms with Crippen molar-refractivity contribution >= 4 is 5.71 Å². The Labute approximate surface area is 167 Å². The third-order valence-corrected chi connectivity index (χ3v) is 8.19. The zero-order valence-corrected chi connectivity index (χ0v) is 17.9. The maximum Gasteiger partial charge on any atom is 0.182 e. The zero-order valence-electron chi connectivity index (χ0n) is 17.9. The highest BCUT2D eigenvalue weighted by Gasteiger charge is 2.54. The van der Waals surface area contributed by atoms with Crippen LogP contribution in [0.1, 0.15) is 97.3 Å². The monoisotopic (exact) mass is 372 g/mol. The molecule has 4 aliphatic rings. The largest absolute Gasteiger partial charge is 0.372 e. The van der Waals surface area contributed by atoms with Crippen LogP contribution in [0.25, 0.3) is 0 Å². The lowest BCUT2D eigenvalue weighted by Gasteiger charge is -2.30. The summed E-state index contributed by atoms with van der Waals surface area (Å²) in [5.41, 5.74) is 1.95. The minimum Gasteiger partial charge on any atom is -0.372 e. The van der Waals surface area contributed by atoms with Crippen LogP contribution in [0.15, 0.2) is 12.2 Å². The summed E-state index contributed by atoms with van der Waals surface area (Å²) >= 11 is 0. The van der Waals surface area contributed by atoms with E-state index in [4.69, 9.17) is 4.74 Å². The second-order valence-corrected chi connectivity index (χ2v) is 10.3. The first-order chi connectivity index (χ1) is 13.2. The van der Waals surface area contributed by atoms with E-state index in [1.807, 2.05) is 0 Å². The van der Waals surface area contributed by atoms with Crippen molar-refractivity contribution in [2.45, 2.75) is 109 Å². The maximum absolute atomic E-state index is 6.34. The molecule has 0 radical (unpaired) electrons. The van der Waals surface area contributed by atoms with Crippen LogP contribution in [-0.4, -0.2) is 35.6 Å². The van der Waals surface area contributed by atoms with Gasteiger partial charge in [0.1, 0.15) is 6.61 Å². The van der Waals surface area contributed by atoms with Crippen molar-refractivity contribution in [3.8, 4) is 0 Å². The van der Waals surface area contributed by atoms with Crippen molar-refractivity contribution in [3.63, 3.8) is 0 Å². The van der Waals surface area contributed by atoms with Gasteiger partial charge in [-0.1, -0.05) is 44.6 Å². The van der Waals surface area contributed by atoms with Gasteiger partial charge in [-0.15, -0.1) is 0 Å². The quantitative estimate of drug-likeness (QED) is 0.510. The van der Waals surface area contributed by atoms with Gasteiger partial charge in [-0.2, -0.15) is 0 Å². The highest BCUT2D eigenvalue weighted by Crippen LogP contribution is 2.46. The molecule has 0 aromatic carbocycles. The fourth-order valence-corrected chi connectivity index (χ4v) is 6.59. The van der Waals surface area contributed by atoms with Gasteiger partial charge < -0.3 is 4.74 Å². The fraction of sp³-hybridized carbons (Fsp3) is 0.880. The van der Waals surface area contributed by atoms with E-state index in [0.29, 0.717) is 11.5 Å². The van der Waals surface area contributed by atoms with Crippen molar-refractivity contribution in [2.75, 3.05) is 13.2 Å². The lowest BCUT2D eigenvalue weighted by Crippen LogP contribution is -2.36. The Morgan fingerprint density at radius 1 is 0.889 bits per heavy atom. The second kappa shape index (κ2) is 8.80. The normalized spacial score (nSPS) is 32.5. The number of hydrogen-bond donors (Lipinski definition) is 0. The van der Waals surface area contributed by atoms with E-state index in [1.165, 1.54) is 83.5 Å². The predicted octanol–water partition coefficient (Wildman–Crippen LogP) is 6.13. The molecule has 0 amide bonds. The number of allylic oxidation sites excluding steroid dienone is 2. The van der Waals surface area contributed by atoms with Gasteiger partial charge in [0.25, 0.3) is 0 Å². The lowest BCUT2D eigenvalue weighted by atomic mass is 9.69. The first kappa shape index (κ1) is 19.7. The minimum atomic E-state index is 0.324. The molecule has 152 valence electrons. The molecule has 0 aromatic rings. The highest BCUT2D eigenvalue weighted by atomic mass is 16.5. The molecule has 27 heavy (non-hydrogen) atoms. The van der Waals surface area contributed by atoms with Crippen LogP contribution < -0.4 is 0 Å². The molecule has 0 bridgehead atoms. The van der Waals surface area contributed by atoms with Gasteiger partial charge in [0.15, 0.2) is 18.3 Å². The topological polar surface area (TPSA) is 12.2 Å². The molecular weight excluding hydrogens is 330 g/mol. The van der Waals surface area contributed by atoms with Crippen molar-refractivity contribution in [3.05, 3.63) is 12.2 Å². The van der Waals surface area contributed by atoms with Gasteiger partial charge in [-0.25, -0.2) is 4.58 Å². The molecule has 3 saturated carbocycles. The zero-order chi connectivity index (χ0) is 18.7. The molecule has 0 N–H and O–H groups in total. The third kappa shape index (κ3) is 4.36. The Balaban J connectivity index is 1.48. The van der Waals surface area contributed by atoms with E-state index in [9.17, 15) is 0 Å². The van der Waals surface area contributed by atoms with Crippen LogP contribution >= 0.6 is 0 Å². The Morgan fingerprint density at radius 3 is 2.33 bits per heavy atom. The van der Waals surface area contributed by atoms with Crippen molar-refractivity contribution < 1.29 is 9.31 Å². The van der Waals surface area contributed by atoms with Gasteiger partial charge in [0, 0.05) is 18.4 Å². The van der Waals surface area contributed by atoms with Crippen LogP contribution in [0, 0.1) is 17.3 Å². The number of rotatable bonds is 6. The van der Waals surface area contributed by atoms with Gasteiger partial charge >= 0.3 is 0 Å². The molecule has 2 unspecified atom stereocenters. The average molecular weight is 373 g/mol. The van der Waals surface area contributed by atoms with E-state index in [-0.39, 0.29) is 0 Å². The summed E-state index contributed by atoms with van der Waals surface area (Å²) < 4.78 is 9.13. The molecule has 1 heterocycles. The van der Waals surface area contributed by atoms with Crippen molar-refractivity contribution in [1.29, 1.82) is 0 Å². The third-order valence-electron chi connectivity index (χ3n) is 8.19. The predicted molar refractivity (Wildman–Crippen MR) is 114 cm³/mol. The molecule has 0 saturated heterocycles. The van der Waals surface area contributed by atoms with Crippen molar-refractivity contribution in [1.82, 2.24) is 0 Å². The number of nitrogens with zero attached hydrogens (tertiary/aromatic N) is 1. The average Bonchev–Trinajstić information content (AvgIpc) is 3.27. The molecule has 1 aliphatic heterocycles. The molecular formula is C25H42NO+. The molecule has 2 heteroatoms. The van der Waals surface area contributed by atoms with Crippen LogP contribution in [-0.2, 0) is 4.74 Å². The summed E-state index contributed by atoms with van der Waals surface area (Å²) in [6.45, 7) is 7.06. The number of ether oxygens (including phenoxy) is 1. The molecule has 2 nitrogen and oxygen atoms in total. The van der Waals surface area contributed by atoms with E-state index in [1.54, 1.807) is 5.71 Å². The van der Waals surface area contributed by atoms with Crippen LogP contribution in [0.2, 0.25) is 0 Å². The first-order valence-electron chi connectivity index (χ1n) is 12.1. The van der Waals surface area contributed by atoms with Gasteiger partial charge in [-0.3, -0.25) is 0 Å². The van der Waals surface area contributed by atoms with E-state index in [2.05, 4.69) is 30.6 Å². The maximum atomic E-state index is 6.34. The van der Waals surface area contributed by atoms with Gasteiger partial charge in [0.2, 0.25) is 0 Å². The van der Waals surface area contributed by atoms with E-state index >= 15 is 0 Å². The summed E-state index contributed by atoms with van der Waals surface area (Å²) in [7, 11) is 0.